The molecule has 0 aliphatic carbocycles. The van der Waals surface area contributed by atoms with Gasteiger partial charge < -0.3 is 10.0 Å². The van der Waals surface area contributed by atoms with E-state index in [9.17, 15) is 23.6 Å². The number of hydrogen-bond acceptors (Lipinski definition) is 6. The molecular formula is C16H25N3O5S. The van der Waals surface area contributed by atoms with Gasteiger partial charge in [0.1, 0.15) is 5.69 Å². The molecule has 9 heteroatoms. The predicted octanol–water partition coefficient (Wildman–Crippen LogP) is 1.83. The molecule has 0 unspecified atom stereocenters. The molecule has 1 atom stereocenters. The largest absolute Gasteiger partial charge is 0.396 e. The number of aliphatic hydroxyl groups excluding tert-OH is 1. The maximum absolute atomic E-state index is 12.6. The van der Waals surface area contributed by atoms with E-state index in [0.29, 0.717) is 31.9 Å². The second-order valence-corrected chi connectivity index (χ2v) is 8.07. The fourth-order valence-corrected chi connectivity index (χ4v) is 4.70. The first-order valence-electron chi connectivity index (χ1n) is 8.49. The first kappa shape index (κ1) is 19.6. The van der Waals surface area contributed by atoms with Crippen molar-refractivity contribution in [2.45, 2.75) is 31.6 Å². The van der Waals surface area contributed by atoms with Crippen LogP contribution in [-0.4, -0.2) is 55.5 Å². The minimum Gasteiger partial charge on any atom is -0.396 e. The smallest absolute Gasteiger partial charge is 0.293 e. The summed E-state index contributed by atoms with van der Waals surface area (Å²) < 4.78 is 26.5. The summed E-state index contributed by atoms with van der Waals surface area (Å²) >= 11 is 0. The third-order valence-corrected chi connectivity index (χ3v) is 6.65. The van der Waals surface area contributed by atoms with Crippen molar-refractivity contribution in [3.05, 3.63) is 28.3 Å². The number of rotatable bonds is 7. The van der Waals surface area contributed by atoms with Crippen LogP contribution in [0.3, 0.4) is 0 Å². The van der Waals surface area contributed by atoms with E-state index in [1.807, 2.05) is 4.90 Å². The normalized spacial score (nSPS) is 18.6. The van der Waals surface area contributed by atoms with Gasteiger partial charge in [0.05, 0.1) is 9.82 Å². The van der Waals surface area contributed by atoms with Gasteiger partial charge in [-0.1, -0.05) is 13.8 Å². The molecule has 0 radical (unpaired) electrons. The lowest BCUT2D eigenvalue weighted by Gasteiger charge is -2.33. The first-order valence-corrected chi connectivity index (χ1v) is 9.93. The molecule has 1 saturated heterocycles. The van der Waals surface area contributed by atoms with Crippen LogP contribution in [0, 0.1) is 16.0 Å². The molecule has 0 saturated carbocycles. The van der Waals surface area contributed by atoms with Crippen molar-refractivity contribution in [1.29, 1.82) is 0 Å². The molecular weight excluding hydrogens is 346 g/mol. The Bertz CT molecular complexity index is 718. The van der Waals surface area contributed by atoms with E-state index in [-0.39, 0.29) is 23.1 Å². The maximum atomic E-state index is 12.6. The predicted molar refractivity (Wildman–Crippen MR) is 95.2 cm³/mol. The Morgan fingerprint density at radius 2 is 2.04 bits per heavy atom. The fraction of sp³-hybridized carbons (Fsp3) is 0.625. The van der Waals surface area contributed by atoms with E-state index in [1.165, 1.54) is 16.4 Å². The number of nitro groups is 1. The molecule has 0 bridgehead atoms. The van der Waals surface area contributed by atoms with Gasteiger partial charge in [-0.3, -0.25) is 10.1 Å². The van der Waals surface area contributed by atoms with Crippen LogP contribution in [0.5, 0.6) is 0 Å². The lowest BCUT2D eigenvalue weighted by atomic mass is 9.98. The quantitative estimate of drug-likeness (QED) is 0.579. The van der Waals surface area contributed by atoms with Crippen LogP contribution in [-0.2, 0) is 10.0 Å². The molecule has 0 aromatic heterocycles. The minimum absolute atomic E-state index is 0.0404. The zero-order chi connectivity index (χ0) is 18.6. The zero-order valence-corrected chi connectivity index (χ0v) is 15.4. The van der Waals surface area contributed by atoms with Gasteiger partial charge in [0, 0.05) is 38.9 Å². The molecule has 1 heterocycles. The van der Waals surface area contributed by atoms with Gasteiger partial charge in [0.2, 0.25) is 10.0 Å². The van der Waals surface area contributed by atoms with Crippen LogP contribution >= 0.6 is 0 Å². The molecule has 1 aromatic carbocycles. The second-order valence-electron chi connectivity index (χ2n) is 6.13. The van der Waals surface area contributed by atoms with E-state index < -0.39 is 14.9 Å². The first-order chi connectivity index (χ1) is 11.8. The van der Waals surface area contributed by atoms with Crippen molar-refractivity contribution < 1.29 is 18.4 Å². The lowest BCUT2D eigenvalue weighted by Crippen LogP contribution is -2.37. The van der Waals surface area contributed by atoms with E-state index in [2.05, 4.69) is 0 Å². The summed E-state index contributed by atoms with van der Waals surface area (Å²) in [7, 11) is -3.75. The highest BCUT2D eigenvalue weighted by Gasteiger charge is 2.29. The number of sulfonamides is 1. The van der Waals surface area contributed by atoms with Crippen molar-refractivity contribution >= 4 is 21.4 Å². The number of benzene rings is 1. The van der Waals surface area contributed by atoms with E-state index >= 15 is 0 Å². The monoisotopic (exact) mass is 371 g/mol. The number of anilines is 1. The van der Waals surface area contributed by atoms with Crippen molar-refractivity contribution in [1.82, 2.24) is 4.31 Å². The highest BCUT2D eigenvalue weighted by molar-refractivity contribution is 7.89. The van der Waals surface area contributed by atoms with Crippen LogP contribution in [0.2, 0.25) is 0 Å². The Morgan fingerprint density at radius 1 is 1.36 bits per heavy atom. The van der Waals surface area contributed by atoms with Crippen molar-refractivity contribution in [3.63, 3.8) is 0 Å². The van der Waals surface area contributed by atoms with Gasteiger partial charge in [0.15, 0.2) is 0 Å². The van der Waals surface area contributed by atoms with Crippen LogP contribution in [0.1, 0.15) is 26.7 Å². The van der Waals surface area contributed by atoms with E-state index in [4.69, 9.17) is 0 Å². The molecule has 25 heavy (non-hydrogen) atoms. The van der Waals surface area contributed by atoms with E-state index in [0.717, 1.165) is 18.9 Å². The topological polar surface area (TPSA) is 104 Å². The van der Waals surface area contributed by atoms with Gasteiger partial charge in [-0.15, -0.1) is 0 Å². The third-order valence-electron chi connectivity index (χ3n) is 4.60. The summed E-state index contributed by atoms with van der Waals surface area (Å²) in [5, 5.41) is 20.9. The Kier molecular flexibility index (Phi) is 6.36. The maximum Gasteiger partial charge on any atom is 0.293 e. The number of nitrogens with zero attached hydrogens (tertiary/aromatic N) is 3. The molecule has 2 rings (SSSR count). The summed E-state index contributed by atoms with van der Waals surface area (Å²) in [5.74, 6) is 0.0763. The standard InChI is InChI=1S/C16H25N3O5S/c1-3-18(4-2)25(23,24)14-7-8-15(16(10-14)19(21)22)17-9-5-6-13(11-17)12-20/h7-8,10,13,20H,3-6,9,11-12H2,1-2H3/t13-/m0/s1. The third kappa shape index (κ3) is 4.10. The molecule has 1 fully saturated rings. The molecule has 8 nitrogen and oxygen atoms in total. The van der Waals surface area contributed by atoms with Crippen LogP contribution < -0.4 is 4.90 Å². The van der Waals surface area contributed by atoms with Gasteiger partial charge in [-0.25, -0.2) is 8.42 Å². The lowest BCUT2D eigenvalue weighted by molar-refractivity contribution is -0.384. The van der Waals surface area contributed by atoms with Crippen LogP contribution in [0.4, 0.5) is 11.4 Å². The zero-order valence-electron chi connectivity index (χ0n) is 14.6. The molecule has 1 N–H and O–H groups in total. The molecule has 140 valence electrons. The number of nitro benzene ring substituents is 1. The average Bonchev–Trinajstić information content (AvgIpc) is 2.62. The molecule has 1 aromatic rings. The Labute approximate surface area is 148 Å². The van der Waals surface area contributed by atoms with Gasteiger partial charge in [-0.05, 0) is 30.9 Å². The second kappa shape index (κ2) is 8.11. The summed E-state index contributed by atoms with van der Waals surface area (Å²) in [6, 6.07) is 4.08. The Morgan fingerprint density at radius 3 is 2.60 bits per heavy atom. The minimum atomic E-state index is -3.75. The molecule has 0 spiro atoms. The molecule has 0 amide bonds. The van der Waals surface area contributed by atoms with Crippen molar-refractivity contribution in [2.24, 2.45) is 5.92 Å². The van der Waals surface area contributed by atoms with Gasteiger partial charge >= 0.3 is 0 Å². The summed E-state index contributed by atoms with van der Waals surface area (Å²) in [5.41, 5.74) is 0.188. The van der Waals surface area contributed by atoms with Gasteiger partial charge in [0.25, 0.3) is 5.69 Å². The molecule has 1 aliphatic heterocycles. The highest BCUT2D eigenvalue weighted by atomic mass is 32.2. The van der Waals surface area contributed by atoms with Gasteiger partial charge in [-0.2, -0.15) is 4.31 Å². The van der Waals surface area contributed by atoms with Crippen LogP contribution in [0.15, 0.2) is 23.1 Å². The summed E-state index contributed by atoms with van der Waals surface area (Å²) in [6.45, 7) is 5.29. The van der Waals surface area contributed by atoms with Crippen molar-refractivity contribution in [3.8, 4) is 0 Å². The van der Waals surface area contributed by atoms with Crippen molar-refractivity contribution in [2.75, 3.05) is 37.7 Å². The summed E-state index contributed by atoms with van der Waals surface area (Å²) in [6.07, 6.45) is 1.72. The number of hydrogen-bond donors (Lipinski definition) is 1. The number of aliphatic hydroxyl groups is 1. The van der Waals surface area contributed by atoms with Crippen LogP contribution in [0.25, 0.3) is 0 Å². The number of piperidine rings is 1. The average molecular weight is 371 g/mol. The highest BCUT2D eigenvalue weighted by Crippen LogP contribution is 2.34. The Balaban J connectivity index is 2.43. The fourth-order valence-electron chi connectivity index (χ4n) is 3.22. The Hall–Kier alpha value is -1.71. The van der Waals surface area contributed by atoms with E-state index in [1.54, 1.807) is 13.8 Å². The molecule has 1 aliphatic rings. The summed E-state index contributed by atoms with van der Waals surface area (Å²) in [4.78, 5) is 12.8. The SMILES string of the molecule is CCN(CC)S(=O)(=O)c1ccc(N2CCC[C@H](CO)C2)c([N+](=O)[O-])c1.